The minimum atomic E-state index is 0.211. The Balaban J connectivity index is 1.43. The van der Waals surface area contributed by atoms with Crippen LogP contribution in [0.25, 0.3) is 11.2 Å². The minimum Gasteiger partial charge on any atom is -0.383 e. The molecule has 2 aromatic heterocycles. The Kier molecular flexibility index (Phi) is 5.67. The van der Waals surface area contributed by atoms with Crippen LogP contribution in [-0.4, -0.2) is 52.1 Å². The standard InChI is InChI=1S/C22H26N4O2/c1-28-13-12-26-20(24-19-8-5-10-23-22(19)26)14-18-9-11-25(16-18)21(27)15-17-6-3-2-4-7-17/h2-8,10,18H,9,11-16H2,1H3. The predicted octanol–water partition coefficient (Wildman–Crippen LogP) is 2.71. The molecule has 1 unspecified atom stereocenters. The Morgan fingerprint density at radius 3 is 2.89 bits per heavy atom. The van der Waals surface area contributed by atoms with Crippen molar-refractivity contribution in [2.24, 2.45) is 5.92 Å². The molecule has 1 aromatic carbocycles. The average molecular weight is 378 g/mol. The van der Waals surface area contributed by atoms with Gasteiger partial charge in [-0.3, -0.25) is 4.79 Å². The van der Waals surface area contributed by atoms with E-state index in [0.29, 0.717) is 18.9 Å². The van der Waals surface area contributed by atoms with E-state index >= 15 is 0 Å². The van der Waals surface area contributed by atoms with Gasteiger partial charge in [-0.05, 0) is 30.0 Å². The predicted molar refractivity (Wildman–Crippen MR) is 108 cm³/mol. The van der Waals surface area contributed by atoms with Crippen LogP contribution in [-0.2, 0) is 28.9 Å². The van der Waals surface area contributed by atoms with Crippen LogP contribution in [0.15, 0.2) is 48.7 Å². The number of hydrogen-bond acceptors (Lipinski definition) is 4. The Hall–Kier alpha value is -2.73. The number of hydrogen-bond donors (Lipinski definition) is 0. The van der Waals surface area contributed by atoms with Gasteiger partial charge in [-0.15, -0.1) is 0 Å². The third kappa shape index (κ3) is 4.07. The summed E-state index contributed by atoms with van der Waals surface area (Å²) in [6, 6.07) is 13.9. The van der Waals surface area contributed by atoms with E-state index in [4.69, 9.17) is 9.72 Å². The molecule has 0 bridgehead atoms. The molecule has 1 amide bonds. The maximum Gasteiger partial charge on any atom is 0.226 e. The summed E-state index contributed by atoms with van der Waals surface area (Å²) in [6.45, 7) is 2.99. The molecule has 1 aliphatic heterocycles. The molecule has 4 rings (SSSR count). The number of carbonyl (C=O) groups excluding carboxylic acids is 1. The second kappa shape index (κ2) is 8.52. The van der Waals surface area contributed by atoms with E-state index in [1.807, 2.05) is 47.4 Å². The zero-order valence-corrected chi connectivity index (χ0v) is 16.3. The number of amides is 1. The van der Waals surface area contributed by atoms with Gasteiger partial charge in [0.2, 0.25) is 5.91 Å². The smallest absolute Gasteiger partial charge is 0.226 e. The van der Waals surface area contributed by atoms with Gasteiger partial charge >= 0.3 is 0 Å². The number of nitrogens with zero attached hydrogens (tertiary/aromatic N) is 4. The maximum absolute atomic E-state index is 12.6. The first-order valence-corrected chi connectivity index (χ1v) is 9.85. The summed E-state index contributed by atoms with van der Waals surface area (Å²) < 4.78 is 7.42. The lowest BCUT2D eigenvalue weighted by Gasteiger charge is -2.17. The molecule has 1 saturated heterocycles. The summed E-state index contributed by atoms with van der Waals surface area (Å²) >= 11 is 0. The second-order valence-corrected chi connectivity index (χ2v) is 7.38. The van der Waals surface area contributed by atoms with E-state index in [1.54, 1.807) is 13.3 Å². The van der Waals surface area contributed by atoms with Crippen LogP contribution in [0.4, 0.5) is 0 Å². The number of carbonyl (C=O) groups is 1. The number of aromatic nitrogens is 3. The number of pyridine rings is 1. The number of benzene rings is 1. The summed E-state index contributed by atoms with van der Waals surface area (Å²) in [5, 5.41) is 0. The molecule has 0 saturated carbocycles. The van der Waals surface area contributed by atoms with Crippen LogP contribution in [0.2, 0.25) is 0 Å². The lowest BCUT2D eigenvalue weighted by Crippen LogP contribution is -2.30. The van der Waals surface area contributed by atoms with Crippen LogP contribution < -0.4 is 0 Å². The molecule has 0 aliphatic carbocycles. The number of ether oxygens (including phenoxy) is 1. The number of likely N-dealkylation sites (tertiary alicyclic amines) is 1. The van der Waals surface area contributed by atoms with Gasteiger partial charge in [0, 0.05) is 39.4 Å². The summed E-state index contributed by atoms with van der Waals surface area (Å²) in [5.41, 5.74) is 2.90. The summed E-state index contributed by atoms with van der Waals surface area (Å²) in [6.07, 6.45) is 4.15. The highest BCUT2D eigenvalue weighted by Crippen LogP contribution is 2.23. The molecule has 1 fully saturated rings. The quantitative estimate of drug-likeness (QED) is 0.634. The Morgan fingerprint density at radius 2 is 2.07 bits per heavy atom. The monoisotopic (exact) mass is 378 g/mol. The van der Waals surface area contributed by atoms with E-state index in [1.165, 1.54) is 0 Å². The van der Waals surface area contributed by atoms with Gasteiger partial charge in [0.1, 0.15) is 11.3 Å². The van der Waals surface area contributed by atoms with Crippen molar-refractivity contribution in [3.8, 4) is 0 Å². The molecular weight excluding hydrogens is 352 g/mol. The first-order valence-electron chi connectivity index (χ1n) is 9.85. The molecule has 0 spiro atoms. The van der Waals surface area contributed by atoms with Gasteiger partial charge in [-0.2, -0.15) is 0 Å². The van der Waals surface area contributed by atoms with Crippen molar-refractivity contribution >= 4 is 17.1 Å². The lowest BCUT2D eigenvalue weighted by molar-refractivity contribution is -0.129. The first kappa shape index (κ1) is 18.6. The SMILES string of the molecule is COCCn1c(CC2CCN(C(=O)Cc3ccccc3)C2)nc2cccnc21. The van der Waals surface area contributed by atoms with Gasteiger partial charge < -0.3 is 14.2 Å². The lowest BCUT2D eigenvalue weighted by atomic mass is 10.0. The van der Waals surface area contributed by atoms with Crippen molar-refractivity contribution in [3.05, 3.63) is 60.0 Å². The van der Waals surface area contributed by atoms with Crippen molar-refractivity contribution in [1.82, 2.24) is 19.4 Å². The molecule has 6 heteroatoms. The van der Waals surface area contributed by atoms with Crippen LogP contribution >= 0.6 is 0 Å². The molecule has 1 atom stereocenters. The third-order valence-corrected chi connectivity index (χ3v) is 5.41. The fourth-order valence-corrected chi connectivity index (χ4v) is 3.94. The van der Waals surface area contributed by atoms with Gasteiger partial charge in [0.15, 0.2) is 5.65 Å². The van der Waals surface area contributed by atoms with Crippen molar-refractivity contribution in [2.75, 3.05) is 26.8 Å². The molecule has 3 aromatic rings. The van der Waals surface area contributed by atoms with Crippen LogP contribution in [0.5, 0.6) is 0 Å². The molecule has 28 heavy (non-hydrogen) atoms. The average Bonchev–Trinajstić information content (AvgIpc) is 3.32. The molecule has 0 radical (unpaired) electrons. The minimum absolute atomic E-state index is 0.211. The van der Waals surface area contributed by atoms with E-state index < -0.39 is 0 Å². The molecule has 3 heterocycles. The van der Waals surface area contributed by atoms with Crippen molar-refractivity contribution in [2.45, 2.75) is 25.8 Å². The summed E-state index contributed by atoms with van der Waals surface area (Å²) in [4.78, 5) is 23.9. The Morgan fingerprint density at radius 1 is 1.21 bits per heavy atom. The van der Waals surface area contributed by atoms with Gasteiger partial charge in [-0.1, -0.05) is 30.3 Å². The van der Waals surface area contributed by atoms with Crippen molar-refractivity contribution < 1.29 is 9.53 Å². The van der Waals surface area contributed by atoms with E-state index in [9.17, 15) is 4.79 Å². The number of imidazole rings is 1. The zero-order chi connectivity index (χ0) is 19.3. The van der Waals surface area contributed by atoms with E-state index in [-0.39, 0.29) is 5.91 Å². The van der Waals surface area contributed by atoms with Crippen LogP contribution in [0.3, 0.4) is 0 Å². The number of fused-ring (bicyclic) bond motifs is 1. The maximum atomic E-state index is 12.6. The van der Waals surface area contributed by atoms with Crippen LogP contribution in [0.1, 0.15) is 17.8 Å². The second-order valence-electron chi connectivity index (χ2n) is 7.38. The van der Waals surface area contributed by atoms with Gasteiger partial charge in [-0.25, -0.2) is 9.97 Å². The highest BCUT2D eigenvalue weighted by Gasteiger charge is 2.28. The Labute approximate surface area is 165 Å². The van der Waals surface area contributed by atoms with Crippen molar-refractivity contribution in [3.63, 3.8) is 0 Å². The summed E-state index contributed by atoms with van der Waals surface area (Å²) in [7, 11) is 1.71. The fraction of sp³-hybridized carbons (Fsp3) is 0.409. The van der Waals surface area contributed by atoms with Gasteiger partial charge in [0.25, 0.3) is 0 Å². The largest absolute Gasteiger partial charge is 0.383 e. The topological polar surface area (TPSA) is 60.2 Å². The highest BCUT2D eigenvalue weighted by atomic mass is 16.5. The van der Waals surface area contributed by atoms with E-state index in [2.05, 4.69) is 9.55 Å². The normalized spacial score (nSPS) is 16.8. The fourth-order valence-electron chi connectivity index (χ4n) is 3.94. The van der Waals surface area contributed by atoms with Crippen LogP contribution in [0, 0.1) is 5.92 Å². The van der Waals surface area contributed by atoms with Crippen molar-refractivity contribution in [1.29, 1.82) is 0 Å². The molecule has 0 N–H and O–H groups in total. The number of methoxy groups -OCH3 is 1. The molecule has 6 nitrogen and oxygen atoms in total. The molecular formula is C22H26N4O2. The summed E-state index contributed by atoms with van der Waals surface area (Å²) in [5.74, 6) is 1.68. The number of rotatable bonds is 7. The molecule has 1 aliphatic rings. The Bertz CT molecular complexity index is 938. The first-order chi connectivity index (χ1) is 13.7. The van der Waals surface area contributed by atoms with E-state index in [0.717, 1.165) is 55.0 Å². The highest BCUT2D eigenvalue weighted by molar-refractivity contribution is 5.79. The zero-order valence-electron chi connectivity index (χ0n) is 16.3. The molecule has 146 valence electrons. The third-order valence-electron chi connectivity index (χ3n) is 5.41. The van der Waals surface area contributed by atoms with Gasteiger partial charge in [0.05, 0.1) is 13.0 Å².